The molecule has 1 aliphatic heterocycles. The van der Waals surface area contributed by atoms with E-state index < -0.39 is 0 Å². The van der Waals surface area contributed by atoms with Gasteiger partial charge in [0.1, 0.15) is 0 Å². The van der Waals surface area contributed by atoms with E-state index >= 15 is 0 Å². The van der Waals surface area contributed by atoms with E-state index in [0.717, 1.165) is 13.0 Å². The van der Waals surface area contributed by atoms with Crippen LogP contribution in [0, 0.1) is 5.92 Å². The van der Waals surface area contributed by atoms with E-state index in [-0.39, 0.29) is 5.91 Å². The molecule has 3 nitrogen and oxygen atoms in total. The maximum Gasteiger partial charge on any atom is 0.289 e. The number of hydrogen-bond donors (Lipinski definition) is 0. The van der Waals surface area contributed by atoms with Gasteiger partial charge in [-0.1, -0.05) is 6.92 Å². The highest BCUT2D eigenvalue weighted by Gasteiger charge is 2.29. The molecule has 0 spiro atoms. The van der Waals surface area contributed by atoms with Crippen molar-refractivity contribution < 1.29 is 9.21 Å². The summed E-state index contributed by atoms with van der Waals surface area (Å²) in [6.07, 6.45) is 3.85. The first kappa shape index (κ1) is 10.3. The molecule has 2 rings (SSSR count). The summed E-state index contributed by atoms with van der Waals surface area (Å²) in [6.45, 7) is 5.17. The van der Waals surface area contributed by atoms with Crippen molar-refractivity contribution in [3.63, 3.8) is 0 Å². The molecule has 1 saturated heterocycles. The molecule has 0 aliphatic carbocycles. The van der Waals surface area contributed by atoms with Crippen molar-refractivity contribution in [3.8, 4) is 0 Å². The van der Waals surface area contributed by atoms with Gasteiger partial charge in [0.25, 0.3) is 5.91 Å². The average molecular weight is 207 g/mol. The minimum atomic E-state index is 0.0269. The highest BCUT2D eigenvalue weighted by Crippen LogP contribution is 2.24. The number of likely N-dealkylation sites (tertiary alicyclic amines) is 1. The van der Waals surface area contributed by atoms with E-state index in [4.69, 9.17) is 4.42 Å². The molecular weight excluding hydrogens is 190 g/mol. The van der Waals surface area contributed by atoms with Crippen molar-refractivity contribution in [2.24, 2.45) is 5.92 Å². The Morgan fingerprint density at radius 1 is 1.53 bits per heavy atom. The van der Waals surface area contributed by atoms with Gasteiger partial charge >= 0.3 is 0 Å². The van der Waals surface area contributed by atoms with E-state index in [2.05, 4.69) is 13.8 Å². The summed E-state index contributed by atoms with van der Waals surface area (Å²) in [7, 11) is 0. The Kier molecular flexibility index (Phi) is 2.80. The maximum absolute atomic E-state index is 12.0. The Hall–Kier alpha value is -1.25. The molecule has 1 aromatic heterocycles. The highest BCUT2D eigenvalue weighted by molar-refractivity contribution is 5.91. The number of piperidine rings is 1. The number of carbonyl (C=O) groups is 1. The van der Waals surface area contributed by atoms with Gasteiger partial charge in [-0.3, -0.25) is 4.79 Å². The lowest BCUT2D eigenvalue weighted by atomic mass is 9.92. The van der Waals surface area contributed by atoms with Gasteiger partial charge in [0.2, 0.25) is 0 Å². The standard InChI is InChI=1S/C12H17NO2/c1-9-5-3-7-13(10(9)2)12(14)11-6-4-8-15-11/h4,6,8-10H,3,5,7H2,1-2H3. The Morgan fingerprint density at radius 3 is 3.00 bits per heavy atom. The number of amides is 1. The lowest BCUT2D eigenvalue weighted by Crippen LogP contribution is -2.45. The van der Waals surface area contributed by atoms with Crippen LogP contribution >= 0.6 is 0 Å². The van der Waals surface area contributed by atoms with E-state index in [1.165, 1.54) is 6.42 Å². The Bertz CT molecular complexity index is 331. The molecule has 1 fully saturated rings. The quantitative estimate of drug-likeness (QED) is 0.709. The van der Waals surface area contributed by atoms with Crippen LogP contribution in [0.5, 0.6) is 0 Å². The van der Waals surface area contributed by atoms with Crippen molar-refractivity contribution in [1.29, 1.82) is 0 Å². The van der Waals surface area contributed by atoms with Crippen molar-refractivity contribution in [3.05, 3.63) is 24.2 Å². The molecule has 2 heterocycles. The molecule has 1 aliphatic rings. The fourth-order valence-electron chi connectivity index (χ4n) is 2.16. The lowest BCUT2D eigenvalue weighted by Gasteiger charge is -2.37. The molecule has 0 bridgehead atoms. The lowest BCUT2D eigenvalue weighted by molar-refractivity contribution is 0.0519. The minimum Gasteiger partial charge on any atom is -0.459 e. The average Bonchev–Trinajstić information content (AvgIpc) is 2.74. The fourth-order valence-corrected chi connectivity index (χ4v) is 2.16. The first-order chi connectivity index (χ1) is 7.20. The monoisotopic (exact) mass is 207 g/mol. The zero-order chi connectivity index (χ0) is 10.8. The zero-order valence-corrected chi connectivity index (χ0v) is 9.27. The van der Waals surface area contributed by atoms with Gasteiger partial charge in [-0.15, -0.1) is 0 Å². The molecule has 2 atom stereocenters. The van der Waals surface area contributed by atoms with Crippen LogP contribution in [0.4, 0.5) is 0 Å². The van der Waals surface area contributed by atoms with Crippen LogP contribution in [0.3, 0.4) is 0 Å². The van der Waals surface area contributed by atoms with Crippen LogP contribution in [0.2, 0.25) is 0 Å². The van der Waals surface area contributed by atoms with Crippen molar-refractivity contribution in [2.75, 3.05) is 6.54 Å². The van der Waals surface area contributed by atoms with Crippen molar-refractivity contribution in [1.82, 2.24) is 4.90 Å². The molecule has 1 amide bonds. The number of hydrogen-bond acceptors (Lipinski definition) is 2. The SMILES string of the molecule is CC1CCCN(C(=O)c2ccco2)C1C. The summed E-state index contributed by atoms with van der Waals surface area (Å²) in [6, 6.07) is 3.80. The second kappa shape index (κ2) is 4.09. The van der Waals surface area contributed by atoms with Crippen LogP contribution < -0.4 is 0 Å². The number of nitrogens with zero attached hydrogens (tertiary/aromatic N) is 1. The van der Waals surface area contributed by atoms with Crippen LogP contribution in [0.15, 0.2) is 22.8 Å². The van der Waals surface area contributed by atoms with Gasteiger partial charge in [-0.25, -0.2) is 0 Å². The number of rotatable bonds is 1. The molecule has 0 radical (unpaired) electrons. The molecule has 3 heteroatoms. The minimum absolute atomic E-state index is 0.0269. The molecular formula is C12H17NO2. The summed E-state index contributed by atoms with van der Waals surface area (Å²) in [4.78, 5) is 14.0. The molecule has 82 valence electrons. The predicted molar refractivity (Wildman–Crippen MR) is 57.6 cm³/mol. The van der Waals surface area contributed by atoms with Gasteiger partial charge in [-0.05, 0) is 37.8 Å². The van der Waals surface area contributed by atoms with E-state index in [0.29, 0.717) is 17.7 Å². The summed E-state index contributed by atoms with van der Waals surface area (Å²) in [5.74, 6) is 1.06. The molecule has 15 heavy (non-hydrogen) atoms. The zero-order valence-electron chi connectivity index (χ0n) is 9.27. The predicted octanol–water partition coefficient (Wildman–Crippen LogP) is 2.54. The first-order valence-electron chi connectivity index (χ1n) is 5.54. The van der Waals surface area contributed by atoms with E-state index in [9.17, 15) is 4.79 Å². The van der Waals surface area contributed by atoms with Crippen LogP contribution in [-0.4, -0.2) is 23.4 Å². The fraction of sp³-hybridized carbons (Fsp3) is 0.583. The Labute approximate surface area is 90.1 Å². The van der Waals surface area contributed by atoms with E-state index in [1.807, 2.05) is 4.90 Å². The summed E-state index contributed by atoms with van der Waals surface area (Å²) >= 11 is 0. The van der Waals surface area contributed by atoms with Crippen LogP contribution in [-0.2, 0) is 0 Å². The summed E-state index contributed by atoms with van der Waals surface area (Å²) in [5.41, 5.74) is 0. The highest BCUT2D eigenvalue weighted by atomic mass is 16.3. The van der Waals surface area contributed by atoms with Gasteiger partial charge in [0.05, 0.1) is 6.26 Å². The van der Waals surface area contributed by atoms with Crippen molar-refractivity contribution >= 4 is 5.91 Å². The summed E-state index contributed by atoms with van der Waals surface area (Å²) < 4.78 is 5.14. The van der Waals surface area contributed by atoms with Gasteiger partial charge < -0.3 is 9.32 Å². The van der Waals surface area contributed by atoms with Crippen molar-refractivity contribution in [2.45, 2.75) is 32.7 Å². The Balaban J connectivity index is 2.13. The second-order valence-corrected chi connectivity index (χ2v) is 4.34. The third-order valence-corrected chi connectivity index (χ3v) is 3.37. The largest absolute Gasteiger partial charge is 0.459 e. The smallest absolute Gasteiger partial charge is 0.289 e. The van der Waals surface area contributed by atoms with Gasteiger partial charge in [0, 0.05) is 12.6 Å². The normalized spacial score (nSPS) is 26.7. The maximum atomic E-state index is 12.0. The van der Waals surface area contributed by atoms with E-state index in [1.54, 1.807) is 18.4 Å². The van der Waals surface area contributed by atoms with Gasteiger partial charge in [0.15, 0.2) is 5.76 Å². The second-order valence-electron chi connectivity index (χ2n) is 4.34. The third-order valence-electron chi connectivity index (χ3n) is 3.37. The van der Waals surface area contributed by atoms with Crippen LogP contribution in [0.25, 0.3) is 0 Å². The molecule has 2 unspecified atom stereocenters. The van der Waals surface area contributed by atoms with Gasteiger partial charge in [-0.2, -0.15) is 0 Å². The number of furan rings is 1. The summed E-state index contributed by atoms with van der Waals surface area (Å²) in [5, 5.41) is 0. The molecule has 0 N–H and O–H groups in total. The first-order valence-corrected chi connectivity index (χ1v) is 5.54. The third kappa shape index (κ3) is 1.91. The number of carbonyl (C=O) groups excluding carboxylic acids is 1. The van der Waals surface area contributed by atoms with Crippen LogP contribution in [0.1, 0.15) is 37.2 Å². The molecule has 0 aromatic carbocycles. The Morgan fingerprint density at radius 2 is 2.33 bits per heavy atom. The molecule has 1 aromatic rings. The molecule has 0 saturated carbocycles. The topological polar surface area (TPSA) is 33.5 Å².